The van der Waals surface area contributed by atoms with E-state index in [0.29, 0.717) is 16.8 Å². The van der Waals surface area contributed by atoms with Crippen molar-refractivity contribution in [3.8, 4) is 0 Å². The lowest BCUT2D eigenvalue weighted by atomic mass is 9.75. The third-order valence-corrected chi connectivity index (χ3v) is 5.27. The zero-order valence-electron chi connectivity index (χ0n) is 14.7. The number of Topliss-reactive ketones (excluding diaryl/α,β-unsaturated/α-hetero) is 1. The number of ether oxygens (including phenoxy) is 1. The van der Waals surface area contributed by atoms with Crippen LogP contribution in [-0.4, -0.2) is 29.2 Å². The average molecular weight is 349 g/mol. The molecule has 0 unspecified atom stereocenters. The fraction of sp³-hybridized carbons (Fsp3) is 0.286. The van der Waals surface area contributed by atoms with E-state index in [-0.39, 0.29) is 13.0 Å². The standard InChI is InChI=1S/C21H19NO4/c1-3-26-19(24)20-12-17(14-10-8-13(2)9-11-14)22-21(20,25)16-7-5-4-6-15(16)18(20)23/h4-11,25H,3,12H2,1-2H3/t20-,21-/m0/s1. The number of hydrogen-bond donors (Lipinski definition) is 1. The lowest BCUT2D eigenvalue weighted by Gasteiger charge is -2.30. The second kappa shape index (κ2) is 5.61. The Bertz CT molecular complexity index is 947. The molecule has 2 atom stereocenters. The van der Waals surface area contributed by atoms with Gasteiger partial charge in [-0.1, -0.05) is 54.1 Å². The maximum Gasteiger partial charge on any atom is 0.325 e. The van der Waals surface area contributed by atoms with Gasteiger partial charge in [0.2, 0.25) is 5.72 Å². The summed E-state index contributed by atoms with van der Waals surface area (Å²) < 4.78 is 5.21. The molecule has 0 radical (unpaired) electrons. The Hall–Kier alpha value is -2.79. The lowest BCUT2D eigenvalue weighted by molar-refractivity contribution is -0.164. The number of nitrogens with zero attached hydrogens (tertiary/aromatic N) is 1. The van der Waals surface area contributed by atoms with Gasteiger partial charge >= 0.3 is 5.97 Å². The summed E-state index contributed by atoms with van der Waals surface area (Å²) in [5, 5.41) is 11.5. The topological polar surface area (TPSA) is 76.0 Å². The summed E-state index contributed by atoms with van der Waals surface area (Å²) in [4.78, 5) is 30.6. The molecule has 1 N–H and O–H groups in total. The SMILES string of the molecule is CCOC(=O)[C@@]12CC(c3ccc(C)cc3)=N[C@]1(O)c1ccccc1C2=O. The highest BCUT2D eigenvalue weighted by molar-refractivity contribution is 6.23. The zero-order valence-corrected chi connectivity index (χ0v) is 14.7. The highest BCUT2D eigenvalue weighted by Gasteiger charge is 2.71. The highest BCUT2D eigenvalue weighted by atomic mass is 16.5. The van der Waals surface area contributed by atoms with E-state index in [1.54, 1.807) is 31.2 Å². The third-order valence-electron chi connectivity index (χ3n) is 5.27. The van der Waals surface area contributed by atoms with Crippen molar-refractivity contribution < 1.29 is 19.4 Å². The predicted octanol–water partition coefficient (Wildman–Crippen LogP) is 2.78. The van der Waals surface area contributed by atoms with Crippen molar-refractivity contribution in [2.75, 3.05) is 6.61 Å². The molecule has 0 saturated carbocycles. The second-order valence-corrected chi connectivity index (χ2v) is 6.77. The van der Waals surface area contributed by atoms with E-state index < -0.39 is 22.9 Å². The van der Waals surface area contributed by atoms with Gasteiger partial charge in [-0.25, -0.2) is 4.99 Å². The molecule has 1 aliphatic heterocycles. The molecule has 132 valence electrons. The predicted molar refractivity (Wildman–Crippen MR) is 96.1 cm³/mol. The van der Waals surface area contributed by atoms with Crippen molar-refractivity contribution in [3.05, 3.63) is 70.8 Å². The van der Waals surface area contributed by atoms with Crippen LogP contribution in [0.25, 0.3) is 0 Å². The first-order chi connectivity index (χ1) is 12.4. The maximum atomic E-state index is 13.2. The van der Waals surface area contributed by atoms with Gasteiger partial charge in [0.25, 0.3) is 0 Å². The van der Waals surface area contributed by atoms with E-state index in [1.807, 2.05) is 31.2 Å². The van der Waals surface area contributed by atoms with E-state index in [2.05, 4.69) is 4.99 Å². The van der Waals surface area contributed by atoms with Gasteiger partial charge < -0.3 is 9.84 Å². The van der Waals surface area contributed by atoms with Gasteiger partial charge in [-0.2, -0.15) is 0 Å². The summed E-state index contributed by atoms with van der Waals surface area (Å²) in [6.07, 6.45) is 0.0128. The minimum absolute atomic E-state index is 0.0128. The average Bonchev–Trinajstić information content (AvgIpc) is 3.05. The molecular formula is C21H19NO4. The first kappa shape index (κ1) is 16.7. The number of aliphatic imine (C=N–C) groups is 1. The number of carbonyl (C=O) groups is 2. The second-order valence-electron chi connectivity index (χ2n) is 6.77. The summed E-state index contributed by atoms with van der Waals surface area (Å²) in [7, 11) is 0. The van der Waals surface area contributed by atoms with Crippen LogP contribution in [0.1, 0.15) is 40.4 Å². The Kier molecular flexibility index (Phi) is 3.59. The van der Waals surface area contributed by atoms with Gasteiger partial charge in [0, 0.05) is 23.3 Å². The summed E-state index contributed by atoms with van der Waals surface area (Å²) in [5.41, 5.74) is -0.599. The first-order valence-electron chi connectivity index (χ1n) is 8.63. The minimum Gasteiger partial charge on any atom is -0.465 e. The smallest absolute Gasteiger partial charge is 0.325 e. The van der Waals surface area contributed by atoms with Gasteiger partial charge in [0.15, 0.2) is 11.2 Å². The molecule has 5 heteroatoms. The molecule has 0 aromatic heterocycles. The lowest BCUT2D eigenvalue weighted by Crippen LogP contribution is -2.49. The number of ketones is 1. The van der Waals surface area contributed by atoms with Crippen LogP contribution in [0, 0.1) is 12.3 Å². The summed E-state index contributed by atoms with van der Waals surface area (Å²) in [5.74, 6) is -1.16. The summed E-state index contributed by atoms with van der Waals surface area (Å²) >= 11 is 0. The van der Waals surface area contributed by atoms with Crippen LogP contribution >= 0.6 is 0 Å². The fourth-order valence-corrected chi connectivity index (χ4v) is 3.92. The number of esters is 1. The molecule has 1 aliphatic carbocycles. The molecule has 26 heavy (non-hydrogen) atoms. The zero-order chi connectivity index (χ0) is 18.5. The quantitative estimate of drug-likeness (QED) is 0.683. The minimum atomic E-state index is -1.94. The molecule has 1 heterocycles. The molecule has 2 aromatic carbocycles. The van der Waals surface area contributed by atoms with Gasteiger partial charge in [-0.15, -0.1) is 0 Å². The van der Waals surface area contributed by atoms with Crippen molar-refractivity contribution in [3.63, 3.8) is 0 Å². The van der Waals surface area contributed by atoms with Gasteiger partial charge in [0.05, 0.1) is 6.61 Å². The Morgan fingerprint density at radius 2 is 1.88 bits per heavy atom. The van der Waals surface area contributed by atoms with E-state index in [4.69, 9.17) is 4.74 Å². The van der Waals surface area contributed by atoms with Gasteiger partial charge in [-0.3, -0.25) is 9.59 Å². The molecule has 0 spiro atoms. The Morgan fingerprint density at radius 1 is 1.19 bits per heavy atom. The van der Waals surface area contributed by atoms with Crippen molar-refractivity contribution in [1.29, 1.82) is 0 Å². The van der Waals surface area contributed by atoms with Gasteiger partial charge in [0.1, 0.15) is 0 Å². The monoisotopic (exact) mass is 349 g/mol. The van der Waals surface area contributed by atoms with Crippen LogP contribution in [0.5, 0.6) is 0 Å². The molecule has 4 rings (SSSR count). The van der Waals surface area contributed by atoms with Gasteiger partial charge in [-0.05, 0) is 19.4 Å². The number of rotatable bonds is 3. The molecule has 0 amide bonds. The molecule has 0 fully saturated rings. The van der Waals surface area contributed by atoms with Crippen molar-refractivity contribution in [1.82, 2.24) is 0 Å². The number of benzene rings is 2. The summed E-state index contributed by atoms with van der Waals surface area (Å²) in [6, 6.07) is 14.3. The maximum absolute atomic E-state index is 13.2. The van der Waals surface area contributed by atoms with Crippen molar-refractivity contribution in [2.24, 2.45) is 10.4 Å². The van der Waals surface area contributed by atoms with Crippen LogP contribution in [0.3, 0.4) is 0 Å². The first-order valence-corrected chi connectivity index (χ1v) is 8.63. The normalized spacial score (nSPS) is 26.3. The molecule has 2 aromatic rings. The molecule has 0 bridgehead atoms. The fourth-order valence-electron chi connectivity index (χ4n) is 3.92. The largest absolute Gasteiger partial charge is 0.465 e. The number of aryl methyl sites for hydroxylation is 1. The van der Waals surface area contributed by atoms with E-state index in [9.17, 15) is 14.7 Å². The third kappa shape index (κ3) is 1.98. The van der Waals surface area contributed by atoms with Crippen LogP contribution in [0.4, 0.5) is 0 Å². The molecule has 2 aliphatic rings. The van der Waals surface area contributed by atoms with Crippen molar-refractivity contribution >= 4 is 17.5 Å². The number of aliphatic hydroxyl groups is 1. The van der Waals surface area contributed by atoms with E-state index >= 15 is 0 Å². The Morgan fingerprint density at radius 3 is 2.58 bits per heavy atom. The van der Waals surface area contributed by atoms with Crippen LogP contribution in [0.15, 0.2) is 53.5 Å². The number of hydrogen-bond acceptors (Lipinski definition) is 5. The van der Waals surface area contributed by atoms with Crippen LogP contribution in [0.2, 0.25) is 0 Å². The number of carbonyl (C=O) groups excluding carboxylic acids is 2. The summed E-state index contributed by atoms with van der Waals surface area (Å²) in [6.45, 7) is 3.78. The molecule has 5 nitrogen and oxygen atoms in total. The molecular weight excluding hydrogens is 330 g/mol. The molecule has 0 saturated heterocycles. The van der Waals surface area contributed by atoms with Crippen LogP contribution in [-0.2, 0) is 15.3 Å². The van der Waals surface area contributed by atoms with E-state index in [1.165, 1.54) is 0 Å². The Labute approximate surface area is 151 Å². The van der Waals surface area contributed by atoms with Crippen molar-refractivity contribution in [2.45, 2.75) is 26.0 Å². The van der Waals surface area contributed by atoms with E-state index in [0.717, 1.165) is 11.1 Å². The number of fused-ring (bicyclic) bond motifs is 3. The highest BCUT2D eigenvalue weighted by Crippen LogP contribution is 2.58. The Balaban J connectivity index is 1.92. The van der Waals surface area contributed by atoms with Crippen LogP contribution < -0.4 is 0 Å².